The van der Waals surface area contributed by atoms with Gasteiger partial charge in [0.2, 0.25) is 27.7 Å². The quantitative estimate of drug-likeness (QED) is 0.101. The standard InChI is InChI=1S/C39H41F3N4O7S/c40-39(41,42)25-14-17-28-32(19-25)53-36-33(21-30(44-35(28)36)23-10-7-5-8-11-23)52-26-20-31(37(43)48)46(22-26)34(47)13-9-4-2-1-3-6-12-24-18-29(24)38(49)45-54(50,51)27-15-16-27/h5-8,10-12,14,17,19,21,24,26-27,29,31H,1-4,9,13,15-16,18,20,22H2,(H2,43,48)(H,45,49)/b12-6-/t24-,26-,29+,31+/m1/s1. The van der Waals surface area contributed by atoms with Crippen LogP contribution in [0.3, 0.4) is 0 Å². The first kappa shape index (κ1) is 37.4. The molecule has 11 nitrogen and oxygen atoms in total. The van der Waals surface area contributed by atoms with Gasteiger partial charge in [0, 0.05) is 35.8 Å². The van der Waals surface area contributed by atoms with Crippen LogP contribution in [-0.2, 0) is 30.6 Å². The molecule has 3 amide bonds. The molecule has 0 bridgehead atoms. The Morgan fingerprint density at radius 3 is 2.50 bits per heavy atom. The third-order valence-corrected chi connectivity index (χ3v) is 12.1. The number of aromatic nitrogens is 1. The van der Waals surface area contributed by atoms with Crippen molar-refractivity contribution in [3.05, 3.63) is 72.3 Å². The van der Waals surface area contributed by atoms with Gasteiger partial charge in [-0.05, 0) is 62.6 Å². The van der Waals surface area contributed by atoms with Crippen LogP contribution in [0, 0.1) is 11.8 Å². The minimum absolute atomic E-state index is 0.00356. The Labute approximate surface area is 310 Å². The zero-order valence-electron chi connectivity index (χ0n) is 29.4. The molecule has 286 valence electrons. The molecule has 15 heteroatoms. The molecule has 0 spiro atoms. The highest BCUT2D eigenvalue weighted by Crippen LogP contribution is 2.42. The maximum Gasteiger partial charge on any atom is 0.416 e. The number of rotatable bonds is 15. The number of amides is 3. The number of primary amides is 1. The summed E-state index contributed by atoms with van der Waals surface area (Å²) >= 11 is 0. The maximum absolute atomic E-state index is 13.5. The third-order valence-electron chi connectivity index (χ3n) is 10.3. The number of hydrogen-bond donors (Lipinski definition) is 2. The first-order chi connectivity index (χ1) is 25.8. The fourth-order valence-electron chi connectivity index (χ4n) is 7.04. The normalized spacial score (nSPS) is 21.6. The number of furan rings is 1. The van der Waals surface area contributed by atoms with E-state index in [9.17, 15) is 36.0 Å². The highest BCUT2D eigenvalue weighted by molar-refractivity contribution is 7.90. The monoisotopic (exact) mass is 766 g/mol. The SMILES string of the molecule is NC(=O)[C@@H]1C[C@@H](Oc2cc(-c3ccccc3)nc3c2oc2cc(C(F)(F)F)ccc23)CN1C(=O)CCCCCC/C=C\[C@@H]1C[C@@H]1C(=O)NS(=O)(=O)C1CC1. The Morgan fingerprint density at radius 1 is 1.02 bits per heavy atom. The van der Waals surface area contributed by atoms with Crippen LogP contribution >= 0.6 is 0 Å². The first-order valence-corrected chi connectivity index (χ1v) is 19.8. The summed E-state index contributed by atoms with van der Waals surface area (Å²) in [6.07, 6.45) is 4.96. The molecule has 1 aliphatic heterocycles. The number of nitrogens with two attached hydrogens (primary N) is 1. The van der Waals surface area contributed by atoms with Crippen LogP contribution in [0.2, 0.25) is 0 Å². The molecule has 3 fully saturated rings. The number of alkyl halides is 3. The molecular formula is C39H41F3N4O7S. The number of carbonyl (C=O) groups is 3. The molecule has 2 aromatic heterocycles. The summed E-state index contributed by atoms with van der Waals surface area (Å²) < 4.78 is 79.0. The van der Waals surface area contributed by atoms with Crippen molar-refractivity contribution in [2.24, 2.45) is 17.6 Å². The van der Waals surface area contributed by atoms with Crippen molar-refractivity contribution in [2.45, 2.75) is 87.8 Å². The van der Waals surface area contributed by atoms with E-state index in [0.29, 0.717) is 42.3 Å². The maximum atomic E-state index is 13.5. The van der Waals surface area contributed by atoms with E-state index in [-0.39, 0.29) is 54.0 Å². The molecule has 54 heavy (non-hydrogen) atoms. The highest BCUT2D eigenvalue weighted by atomic mass is 32.2. The lowest BCUT2D eigenvalue weighted by atomic mass is 10.1. The molecule has 2 aliphatic carbocycles. The van der Waals surface area contributed by atoms with Crippen molar-refractivity contribution in [2.75, 3.05) is 6.54 Å². The average Bonchev–Trinajstić information content (AvgIpc) is 4.06. The molecular weight excluding hydrogens is 726 g/mol. The lowest BCUT2D eigenvalue weighted by Gasteiger charge is -2.22. The van der Waals surface area contributed by atoms with Crippen LogP contribution in [0.15, 0.2) is 71.2 Å². The topological polar surface area (TPSA) is 162 Å². The molecule has 4 aromatic rings. The molecule has 3 N–H and O–H groups in total. The van der Waals surface area contributed by atoms with E-state index in [1.165, 1.54) is 11.0 Å². The fraction of sp³-hybridized carbons (Fsp3) is 0.436. The van der Waals surface area contributed by atoms with E-state index in [1.807, 2.05) is 42.5 Å². The Bertz CT molecular complexity index is 2200. The number of sulfonamides is 1. The number of ether oxygens (including phenoxy) is 1. The van der Waals surface area contributed by atoms with Crippen LogP contribution in [0.25, 0.3) is 33.3 Å². The van der Waals surface area contributed by atoms with E-state index >= 15 is 0 Å². The van der Waals surface area contributed by atoms with Gasteiger partial charge in [-0.2, -0.15) is 13.2 Å². The zero-order valence-corrected chi connectivity index (χ0v) is 30.2. The molecule has 0 radical (unpaired) electrons. The van der Waals surface area contributed by atoms with E-state index in [0.717, 1.165) is 43.4 Å². The number of hydrogen-bond acceptors (Lipinski definition) is 8. The van der Waals surface area contributed by atoms with Crippen LogP contribution in [-0.4, -0.2) is 60.0 Å². The minimum atomic E-state index is -4.57. The predicted octanol–water partition coefficient (Wildman–Crippen LogP) is 6.64. The Hall–Kier alpha value is -4.92. The van der Waals surface area contributed by atoms with Crippen LogP contribution in [0.5, 0.6) is 5.75 Å². The third kappa shape index (κ3) is 8.40. The van der Waals surface area contributed by atoms with Gasteiger partial charge < -0.3 is 19.8 Å². The smallest absolute Gasteiger partial charge is 0.416 e. The van der Waals surface area contributed by atoms with E-state index in [4.69, 9.17) is 19.9 Å². The van der Waals surface area contributed by atoms with Crippen molar-refractivity contribution in [1.29, 1.82) is 0 Å². The number of carbonyl (C=O) groups excluding carboxylic acids is 3. The van der Waals surface area contributed by atoms with Gasteiger partial charge in [-0.3, -0.25) is 19.1 Å². The number of allylic oxidation sites excluding steroid dienone is 2. The van der Waals surface area contributed by atoms with Gasteiger partial charge in [-0.25, -0.2) is 13.4 Å². The fourth-order valence-corrected chi connectivity index (χ4v) is 8.40. The summed E-state index contributed by atoms with van der Waals surface area (Å²) in [6, 6.07) is 13.2. The number of fused-ring (bicyclic) bond motifs is 3. The Kier molecular flexibility index (Phi) is 10.4. The minimum Gasteiger partial charge on any atom is -0.484 e. The largest absolute Gasteiger partial charge is 0.484 e. The zero-order chi connectivity index (χ0) is 38.2. The van der Waals surface area contributed by atoms with Crippen molar-refractivity contribution < 1.29 is 45.1 Å². The van der Waals surface area contributed by atoms with Crippen molar-refractivity contribution >= 4 is 49.8 Å². The van der Waals surface area contributed by atoms with Crippen molar-refractivity contribution in [3.8, 4) is 17.0 Å². The van der Waals surface area contributed by atoms with Crippen LogP contribution in [0.4, 0.5) is 13.2 Å². The second kappa shape index (κ2) is 15.1. The first-order valence-electron chi connectivity index (χ1n) is 18.3. The van der Waals surface area contributed by atoms with Crippen molar-refractivity contribution in [3.63, 3.8) is 0 Å². The molecule has 2 aromatic carbocycles. The number of likely N-dealkylation sites (tertiary alicyclic amines) is 1. The predicted molar refractivity (Wildman–Crippen MR) is 194 cm³/mol. The number of pyridine rings is 1. The molecule has 3 heterocycles. The molecule has 4 atom stereocenters. The summed E-state index contributed by atoms with van der Waals surface area (Å²) in [7, 11) is -3.53. The number of benzene rings is 2. The summed E-state index contributed by atoms with van der Waals surface area (Å²) in [5.41, 5.74) is 6.59. The van der Waals surface area contributed by atoms with Gasteiger partial charge in [-0.1, -0.05) is 55.3 Å². The van der Waals surface area contributed by atoms with E-state index in [1.54, 1.807) is 6.07 Å². The van der Waals surface area contributed by atoms with Gasteiger partial charge in [0.15, 0.2) is 11.3 Å². The van der Waals surface area contributed by atoms with Gasteiger partial charge in [0.1, 0.15) is 23.2 Å². The molecule has 0 unspecified atom stereocenters. The van der Waals surface area contributed by atoms with E-state index in [2.05, 4.69) is 4.72 Å². The Balaban J connectivity index is 0.936. The van der Waals surface area contributed by atoms with Crippen LogP contribution < -0.4 is 15.2 Å². The molecule has 2 saturated carbocycles. The van der Waals surface area contributed by atoms with Gasteiger partial charge in [-0.15, -0.1) is 0 Å². The summed E-state index contributed by atoms with van der Waals surface area (Å²) in [6.45, 7) is 0.0901. The number of nitrogens with one attached hydrogen (secondary N) is 1. The summed E-state index contributed by atoms with van der Waals surface area (Å²) in [5.74, 6) is -1.31. The average molecular weight is 767 g/mol. The summed E-state index contributed by atoms with van der Waals surface area (Å²) in [4.78, 5) is 44.2. The van der Waals surface area contributed by atoms with E-state index < -0.39 is 51.0 Å². The lowest BCUT2D eigenvalue weighted by Crippen LogP contribution is -2.43. The summed E-state index contributed by atoms with van der Waals surface area (Å²) in [5, 5.41) is -0.0433. The molecule has 7 rings (SSSR count). The molecule has 1 saturated heterocycles. The number of unbranched alkanes of at least 4 members (excludes halogenated alkanes) is 4. The second-order valence-corrected chi connectivity index (χ2v) is 16.4. The van der Waals surface area contributed by atoms with Gasteiger partial charge in [0.25, 0.3) is 0 Å². The second-order valence-electron chi connectivity index (χ2n) is 14.4. The Morgan fingerprint density at radius 2 is 1.78 bits per heavy atom. The van der Waals surface area contributed by atoms with Crippen molar-refractivity contribution in [1.82, 2.24) is 14.6 Å². The van der Waals surface area contributed by atoms with Gasteiger partial charge >= 0.3 is 6.18 Å². The number of halogens is 3. The highest BCUT2D eigenvalue weighted by Gasteiger charge is 2.45. The van der Waals surface area contributed by atoms with Gasteiger partial charge in [0.05, 0.1) is 23.1 Å². The van der Waals surface area contributed by atoms with Crippen LogP contribution in [0.1, 0.15) is 69.8 Å². The number of nitrogens with zero attached hydrogens (tertiary/aromatic N) is 2. The lowest BCUT2D eigenvalue weighted by molar-refractivity contribution is -0.137. The molecule has 3 aliphatic rings.